The van der Waals surface area contributed by atoms with Gasteiger partial charge in [0, 0.05) is 98.9 Å². The first-order valence-corrected chi connectivity index (χ1v) is 28.1. The molecule has 17 nitrogen and oxygen atoms in total. The average molecular weight is 1110 g/mol. The van der Waals surface area contributed by atoms with Crippen molar-refractivity contribution >= 4 is 80.0 Å². The van der Waals surface area contributed by atoms with Crippen LogP contribution in [0.5, 0.6) is 11.5 Å². The number of hydrogen-bond donors (Lipinski definition) is 4. The Balaban J connectivity index is 0.782. The lowest BCUT2D eigenvalue weighted by Crippen LogP contribution is -2.50. The lowest BCUT2D eigenvalue weighted by atomic mass is 9.76. The maximum absolute atomic E-state index is 16.5. The minimum atomic E-state index is -0.971. The Morgan fingerprint density at radius 3 is 2.41 bits per heavy atom. The Bertz CT molecular complexity index is 3130. The van der Waals surface area contributed by atoms with Crippen LogP contribution in [-0.2, 0) is 19.1 Å². The number of benzene rings is 4. The van der Waals surface area contributed by atoms with Gasteiger partial charge in [-0.2, -0.15) is 4.98 Å². The quantitative estimate of drug-likeness (QED) is 0.0497. The Labute approximate surface area is 461 Å². The number of ether oxygens (including phenoxy) is 2. The van der Waals surface area contributed by atoms with Gasteiger partial charge < -0.3 is 50.5 Å². The summed E-state index contributed by atoms with van der Waals surface area (Å²) in [5.41, 5.74) is 6.35. The van der Waals surface area contributed by atoms with Crippen molar-refractivity contribution in [2.75, 3.05) is 89.9 Å². The second-order valence-electron chi connectivity index (χ2n) is 20.3. The molecule has 3 atom stereocenters. The van der Waals surface area contributed by atoms with Crippen molar-refractivity contribution in [2.45, 2.75) is 76.8 Å². The second kappa shape index (κ2) is 25.4. The van der Waals surface area contributed by atoms with E-state index in [0.717, 1.165) is 71.6 Å². The zero-order valence-corrected chi connectivity index (χ0v) is 45.8. The van der Waals surface area contributed by atoms with Gasteiger partial charge in [0.2, 0.25) is 17.8 Å². The highest BCUT2D eigenvalue weighted by Gasteiger charge is 2.40. The number of phenols is 1. The van der Waals surface area contributed by atoms with Crippen molar-refractivity contribution in [2.24, 2.45) is 17.6 Å². The van der Waals surface area contributed by atoms with Gasteiger partial charge >= 0.3 is 6.03 Å². The monoisotopic (exact) mass is 1110 g/mol. The van der Waals surface area contributed by atoms with E-state index in [1.807, 2.05) is 47.1 Å². The van der Waals surface area contributed by atoms with E-state index in [0.29, 0.717) is 37.7 Å². The number of urea groups is 1. The third-order valence-corrected chi connectivity index (χ3v) is 16.7. The van der Waals surface area contributed by atoms with Gasteiger partial charge in [-0.25, -0.2) is 23.5 Å². The highest BCUT2D eigenvalue weighted by atomic mass is 35.5. The number of carbonyl (C=O) groups is 4. The van der Waals surface area contributed by atoms with E-state index in [-0.39, 0.29) is 121 Å². The number of anilines is 2. The molecule has 21 heteroatoms. The highest BCUT2D eigenvalue weighted by molar-refractivity contribution is 7.10. The van der Waals surface area contributed by atoms with Crippen LogP contribution in [0.3, 0.4) is 0 Å². The topological polar surface area (TPSA) is 209 Å². The van der Waals surface area contributed by atoms with E-state index in [9.17, 15) is 24.3 Å². The van der Waals surface area contributed by atoms with Gasteiger partial charge in [0.25, 0.3) is 0 Å². The molecule has 9 rings (SSSR count). The number of likely N-dealkylation sites (tertiary alicyclic amines) is 1. The van der Waals surface area contributed by atoms with Crippen LogP contribution in [0.25, 0.3) is 44.1 Å². The summed E-state index contributed by atoms with van der Waals surface area (Å²) in [7, 11) is 3.46. The average Bonchev–Trinajstić information content (AvgIpc) is 4.26. The van der Waals surface area contributed by atoms with Crippen LogP contribution < -0.4 is 26.0 Å². The van der Waals surface area contributed by atoms with Crippen LogP contribution in [-0.4, -0.2) is 144 Å². The molecule has 4 aromatic carbocycles. The van der Waals surface area contributed by atoms with Gasteiger partial charge in [0.15, 0.2) is 5.82 Å². The Kier molecular flexibility index (Phi) is 18.2. The predicted octanol–water partition coefficient (Wildman–Crippen LogP) is 9.19. The van der Waals surface area contributed by atoms with Crippen LogP contribution in [0.1, 0.15) is 75.8 Å². The molecule has 6 aromatic rings. The molecule has 3 aliphatic rings. The number of fused-ring (bicyclic) bond motifs is 2. The van der Waals surface area contributed by atoms with Crippen LogP contribution in [0.4, 0.5) is 25.3 Å². The van der Waals surface area contributed by atoms with E-state index in [4.69, 9.17) is 31.8 Å². The second-order valence-corrected chi connectivity index (χ2v) is 21.6. The van der Waals surface area contributed by atoms with Crippen molar-refractivity contribution in [3.05, 3.63) is 87.7 Å². The number of nitrogens with one attached hydrogen (secondary N) is 2. The summed E-state index contributed by atoms with van der Waals surface area (Å²) in [5.74, 6) is -1.45. The summed E-state index contributed by atoms with van der Waals surface area (Å²) >= 11 is 8.16. The minimum absolute atomic E-state index is 0.00300. The molecule has 1 saturated carbocycles. The highest BCUT2D eigenvalue weighted by Crippen LogP contribution is 2.44. The van der Waals surface area contributed by atoms with Crippen molar-refractivity contribution in [3.8, 4) is 33.9 Å². The van der Waals surface area contributed by atoms with Crippen LogP contribution in [0.15, 0.2) is 66.0 Å². The first-order chi connectivity index (χ1) is 37.7. The van der Waals surface area contributed by atoms with Crippen molar-refractivity contribution in [3.63, 3.8) is 0 Å². The number of likely N-dealkylation sites (N-methyl/N-ethyl adjacent to an activating group) is 2. The zero-order chi connectivity index (χ0) is 55.0. The van der Waals surface area contributed by atoms with Crippen LogP contribution in [0, 0.1) is 23.5 Å². The van der Waals surface area contributed by atoms with Gasteiger partial charge in [0.1, 0.15) is 46.0 Å². The van der Waals surface area contributed by atoms with E-state index in [1.54, 1.807) is 30.3 Å². The lowest BCUT2D eigenvalue weighted by molar-refractivity contribution is -0.141. The number of aromatic hydroxyl groups is 1. The summed E-state index contributed by atoms with van der Waals surface area (Å²) in [6.07, 6.45) is 7.37. The van der Waals surface area contributed by atoms with Gasteiger partial charge in [-0.15, -0.1) is 11.3 Å². The number of Topliss-reactive ketones (excluding diaryl/α,β-unsaturated/α-hetero) is 1. The molecule has 5 N–H and O–H groups in total. The standard InChI is InChI=1S/C57H67ClF2N10O7S/c1-34(62-2)46(72)32-39(35-11-5-4-6-12-35)55(74)70-22-10-16-44(70)54-64-43(33-78-54)37-18-19-47(38-14-8-7-13-36(37)38)77-30-29-76-28-27-67(3)48(73)20-21-63-57-65-52-40(53(66-57)68-23-25-69(26-24-68)56(61)75)31-41(58)49(51(52)60)50-42(59)15-9-17-45(50)71/h7-9,13-15,17-19,31,33-35,39,44,62,71H,4-6,10-12,16,20-30,32H2,1-3H3,(H2,61,75)(H,63,65,66)/t34-,39-,44-/m0/s1. The summed E-state index contributed by atoms with van der Waals surface area (Å²) in [5, 5.41) is 21.6. The van der Waals surface area contributed by atoms with E-state index < -0.39 is 29.0 Å². The fraction of sp³-hybridized carbons (Fsp3) is 0.456. The number of carbonyl (C=O) groups excluding carboxylic acids is 4. The van der Waals surface area contributed by atoms with Gasteiger partial charge in [-0.1, -0.05) is 61.2 Å². The number of halogens is 3. The van der Waals surface area contributed by atoms with Gasteiger partial charge in [-0.05, 0) is 81.3 Å². The molecular weight excluding hydrogens is 1040 g/mol. The normalized spacial score (nSPS) is 16.9. The van der Waals surface area contributed by atoms with Crippen molar-refractivity contribution in [1.29, 1.82) is 0 Å². The Hall–Kier alpha value is -6.74. The first kappa shape index (κ1) is 56.0. The number of hydrogen-bond acceptors (Lipinski definition) is 14. The summed E-state index contributed by atoms with van der Waals surface area (Å²) in [6.45, 7) is 4.94. The molecule has 78 heavy (non-hydrogen) atoms. The molecular formula is C57H67ClF2N10O7S. The van der Waals surface area contributed by atoms with Crippen LogP contribution in [0.2, 0.25) is 5.02 Å². The number of rotatable bonds is 21. The van der Waals surface area contributed by atoms with Crippen molar-refractivity contribution < 1.29 is 42.5 Å². The summed E-state index contributed by atoms with van der Waals surface area (Å²) < 4.78 is 43.7. The molecule has 2 aliphatic heterocycles. The number of primary amides is 1. The third kappa shape index (κ3) is 12.4. The molecule has 4 heterocycles. The number of nitrogens with zero attached hydrogens (tertiary/aromatic N) is 7. The van der Waals surface area contributed by atoms with Gasteiger partial charge in [-0.3, -0.25) is 14.4 Å². The minimum Gasteiger partial charge on any atom is -0.507 e. The molecule has 1 aliphatic carbocycles. The fourth-order valence-corrected chi connectivity index (χ4v) is 12.2. The SMILES string of the molecule is CN[C@@H](C)C(=O)C[C@H](C(=O)N1CCC[C@H]1c1nc(-c2ccc(OCCOCCN(C)C(=O)CCNc3nc(N4CCN(C(N)=O)CC4)c4cc(Cl)c(-c5c(O)cccc5F)c(F)c4n3)c3ccccc23)cs1)C1CCCCC1. The summed E-state index contributed by atoms with van der Waals surface area (Å²) in [6, 6.07) is 16.0. The lowest BCUT2D eigenvalue weighted by Gasteiger charge is -2.35. The molecule has 2 saturated heterocycles. The van der Waals surface area contributed by atoms with Crippen LogP contribution >= 0.6 is 22.9 Å². The molecule has 414 valence electrons. The molecule has 0 unspecified atom stereocenters. The number of thiazole rings is 1. The third-order valence-electron chi connectivity index (χ3n) is 15.5. The maximum atomic E-state index is 16.5. The Morgan fingerprint density at radius 2 is 1.67 bits per heavy atom. The molecule has 0 spiro atoms. The number of ketones is 1. The number of piperazine rings is 1. The molecule has 0 bridgehead atoms. The summed E-state index contributed by atoms with van der Waals surface area (Å²) in [4.78, 5) is 73.9. The van der Waals surface area contributed by atoms with E-state index >= 15 is 8.78 Å². The molecule has 2 aromatic heterocycles. The Morgan fingerprint density at radius 1 is 0.897 bits per heavy atom. The zero-order valence-electron chi connectivity index (χ0n) is 44.2. The number of amides is 4. The van der Waals surface area contributed by atoms with E-state index in [2.05, 4.69) is 32.0 Å². The molecule has 3 fully saturated rings. The van der Waals surface area contributed by atoms with Crippen molar-refractivity contribution in [1.82, 2.24) is 35.0 Å². The smallest absolute Gasteiger partial charge is 0.314 e. The number of phenolic OH excluding ortho intramolecular Hbond substituents is 1. The maximum Gasteiger partial charge on any atom is 0.314 e. The first-order valence-electron chi connectivity index (χ1n) is 26.9. The number of aromatic nitrogens is 3. The number of nitrogens with two attached hydrogens (primary N) is 1. The fourth-order valence-electron chi connectivity index (χ4n) is 11.0. The molecule has 4 amide bonds. The largest absolute Gasteiger partial charge is 0.507 e. The predicted molar refractivity (Wildman–Crippen MR) is 299 cm³/mol. The molecule has 0 radical (unpaired) electrons. The van der Waals surface area contributed by atoms with Gasteiger partial charge in [0.05, 0.1) is 41.6 Å². The van der Waals surface area contributed by atoms with E-state index in [1.165, 1.54) is 29.5 Å².